The number of ether oxygens (including phenoxy) is 3. The number of carbonyl (C=O) groups excluding carboxylic acids is 5. The van der Waals surface area contributed by atoms with Crippen LogP contribution in [0.4, 0.5) is 10.5 Å². The van der Waals surface area contributed by atoms with E-state index in [1.54, 1.807) is 45.9 Å². The molecule has 0 aromatic heterocycles. The Morgan fingerprint density at radius 2 is 1.69 bits per heavy atom. The number of anilines is 1. The molecule has 1 heterocycles. The smallest absolute Gasteiger partial charge is 0.408 e. The van der Waals surface area contributed by atoms with Crippen molar-refractivity contribution in [3.8, 4) is 0 Å². The van der Waals surface area contributed by atoms with Gasteiger partial charge >= 0.3 is 6.09 Å². The second-order valence-corrected chi connectivity index (χ2v) is 18.5. The van der Waals surface area contributed by atoms with Gasteiger partial charge in [-0.25, -0.2) is 4.79 Å². The molecule has 0 radical (unpaired) electrons. The normalized spacial score (nSPS) is 33.0. The Labute approximate surface area is 345 Å². The molecule has 7 rings (SSSR count). The number of amides is 3. The van der Waals surface area contributed by atoms with E-state index in [-0.39, 0.29) is 23.5 Å². The van der Waals surface area contributed by atoms with Crippen LogP contribution >= 0.6 is 0 Å². The summed E-state index contributed by atoms with van der Waals surface area (Å²) in [5.41, 5.74) is 0.855. The van der Waals surface area contributed by atoms with Crippen molar-refractivity contribution in [1.82, 2.24) is 10.6 Å². The maximum atomic E-state index is 13.9. The predicted octanol–water partition coefficient (Wildman–Crippen LogP) is 5.24. The quantitative estimate of drug-likeness (QED) is 0.212. The van der Waals surface area contributed by atoms with Gasteiger partial charge in [0.1, 0.15) is 24.3 Å². The Morgan fingerprint density at radius 3 is 2.39 bits per heavy atom. The number of hydrogen-bond acceptors (Lipinski definition) is 10. The van der Waals surface area contributed by atoms with E-state index in [2.05, 4.69) is 22.9 Å². The number of alkyl carbamates (subject to hydrolysis) is 1. The van der Waals surface area contributed by atoms with Gasteiger partial charge in [0.2, 0.25) is 11.8 Å². The zero-order chi connectivity index (χ0) is 42.7. The molecule has 4 aliphatic carbocycles. The highest BCUT2D eigenvalue weighted by Crippen LogP contribution is 2.70. The summed E-state index contributed by atoms with van der Waals surface area (Å²) in [5, 5.41) is 30.2. The average molecular weight is 812 g/mol. The van der Waals surface area contributed by atoms with Crippen molar-refractivity contribution in [2.24, 2.45) is 28.6 Å². The van der Waals surface area contributed by atoms with Crippen LogP contribution in [0.3, 0.4) is 0 Å². The number of allylic oxidation sites excluding steroid dienone is 4. The van der Waals surface area contributed by atoms with Crippen LogP contribution in [-0.2, 0) is 39.8 Å². The van der Waals surface area contributed by atoms with Crippen molar-refractivity contribution in [2.75, 3.05) is 11.9 Å². The fourth-order valence-electron chi connectivity index (χ4n) is 10.8. The van der Waals surface area contributed by atoms with Crippen LogP contribution in [0.15, 0.2) is 72.3 Å². The number of fused-ring (bicyclic) bond motifs is 7. The van der Waals surface area contributed by atoms with Gasteiger partial charge in [-0.1, -0.05) is 61.9 Å². The van der Waals surface area contributed by atoms with Crippen LogP contribution in [-0.4, -0.2) is 81.8 Å². The Bertz CT molecular complexity index is 2070. The summed E-state index contributed by atoms with van der Waals surface area (Å²) in [5.74, 6) is -1.46. The lowest BCUT2D eigenvalue weighted by Crippen LogP contribution is -2.63. The number of ketones is 2. The highest BCUT2D eigenvalue weighted by molar-refractivity contribution is 6.01. The molecular formula is C46H57N3O10. The highest BCUT2D eigenvalue weighted by atomic mass is 16.7. The molecule has 5 aliphatic rings. The van der Waals surface area contributed by atoms with Crippen LogP contribution in [0.1, 0.15) is 97.1 Å². The van der Waals surface area contributed by atoms with E-state index in [1.165, 1.54) is 6.92 Å². The second-order valence-electron chi connectivity index (χ2n) is 18.5. The van der Waals surface area contributed by atoms with Gasteiger partial charge in [0.05, 0.1) is 12.2 Å². The van der Waals surface area contributed by atoms with Crippen molar-refractivity contribution in [3.05, 3.63) is 89.0 Å². The summed E-state index contributed by atoms with van der Waals surface area (Å²) < 4.78 is 18.6. The van der Waals surface area contributed by atoms with E-state index >= 15 is 0 Å². The van der Waals surface area contributed by atoms with Crippen LogP contribution in [0, 0.1) is 28.6 Å². The summed E-state index contributed by atoms with van der Waals surface area (Å²) >= 11 is 0. The van der Waals surface area contributed by atoms with Gasteiger partial charge < -0.3 is 40.4 Å². The number of rotatable bonds is 10. The lowest BCUT2D eigenvalue weighted by atomic mass is 9.46. The molecule has 13 nitrogen and oxygen atoms in total. The Balaban J connectivity index is 0.990. The third-order valence-electron chi connectivity index (χ3n) is 13.5. The first-order valence-electron chi connectivity index (χ1n) is 20.7. The number of hydrogen-bond donors (Lipinski definition) is 5. The van der Waals surface area contributed by atoms with Crippen LogP contribution in [0.5, 0.6) is 0 Å². The number of carbonyl (C=O) groups is 5. The molecule has 3 amide bonds. The molecule has 2 aromatic carbocycles. The van der Waals surface area contributed by atoms with Crippen LogP contribution in [0.2, 0.25) is 0 Å². The monoisotopic (exact) mass is 811 g/mol. The number of Topliss-reactive ketones (excluding diaryl/α,β-unsaturated/α-hetero) is 1. The average Bonchev–Trinajstić information content (AvgIpc) is 3.67. The summed E-state index contributed by atoms with van der Waals surface area (Å²) in [6.45, 7) is 11.6. The highest BCUT2D eigenvalue weighted by Gasteiger charge is 2.75. The number of aliphatic hydroxyl groups excluding tert-OH is 2. The van der Waals surface area contributed by atoms with E-state index < -0.39 is 82.9 Å². The third kappa shape index (κ3) is 7.78. The largest absolute Gasteiger partial charge is 0.444 e. The maximum absolute atomic E-state index is 13.9. The summed E-state index contributed by atoms with van der Waals surface area (Å²) in [4.78, 5) is 63.9. The van der Waals surface area contributed by atoms with Crippen molar-refractivity contribution in [2.45, 2.75) is 122 Å². The van der Waals surface area contributed by atoms with Gasteiger partial charge in [0.15, 0.2) is 23.5 Å². The van der Waals surface area contributed by atoms with Crippen molar-refractivity contribution >= 4 is 35.2 Å². The number of benzene rings is 2. The second kappa shape index (κ2) is 15.7. The molecule has 13 heteroatoms. The summed E-state index contributed by atoms with van der Waals surface area (Å²) in [7, 11) is 0. The standard InChI is InChI=1S/C46H57N3O10/c1-25(47-39(54)26(2)48-42(56)59-43(3,4)5)40(55)49-31-10-8-9-28(20-31)19-27-11-13-29(14-12-27)41-57-37-22-34-33-16-15-30-21-32(51)17-18-44(30,6)38(33)35(52)23-45(34,7)46(37,58-41)36(53)24-50/h8-14,17-18,20-21,25-26,33-35,37-38,41,50,52H,15-16,19,22-24H2,1-7H3,(H,47,54)(H,48,56)(H,49,55)/t25-,26-,33?,34-,35-,37+,38+,41+,44-,45-,46+/m0/s1. The minimum atomic E-state index is -1.43. The zero-order valence-corrected chi connectivity index (χ0v) is 34.9. The first-order chi connectivity index (χ1) is 27.8. The number of aliphatic hydroxyl groups is 2. The van der Waals surface area contributed by atoms with Gasteiger partial charge in [-0.3, -0.25) is 19.2 Å². The van der Waals surface area contributed by atoms with E-state index in [9.17, 15) is 34.2 Å². The van der Waals surface area contributed by atoms with E-state index in [0.717, 1.165) is 35.1 Å². The molecule has 0 bridgehead atoms. The lowest BCUT2D eigenvalue weighted by Gasteiger charge is -2.59. The minimum Gasteiger partial charge on any atom is -0.444 e. The van der Waals surface area contributed by atoms with Crippen molar-refractivity contribution in [1.29, 1.82) is 0 Å². The molecule has 1 unspecified atom stereocenters. The molecule has 3 saturated carbocycles. The van der Waals surface area contributed by atoms with Gasteiger partial charge in [0, 0.05) is 28.0 Å². The first-order valence-corrected chi connectivity index (χ1v) is 20.7. The van der Waals surface area contributed by atoms with E-state index in [1.807, 2.05) is 55.5 Å². The Kier molecular flexibility index (Phi) is 11.3. The molecule has 59 heavy (non-hydrogen) atoms. The Morgan fingerprint density at radius 1 is 0.983 bits per heavy atom. The first kappa shape index (κ1) is 42.4. The molecule has 4 fully saturated rings. The molecule has 5 N–H and O–H groups in total. The van der Waals surface area contributed by atoms with Crippen molar-refractivity contribution < 1.29 is 48.4 Å². The van der Waals surface area contributed by atoms with Crippen molar-refractivity contribution in [3.63, 3.8) is 0 Å². The number of nitrogens with one attached hydrogen (secondary N) is 3. The van der Waals surface area contributed by atoms with Gasteiger partial charge in [-0.2, -0.15) is 0 Å². The third-order valence-corrected chi connectivity index (χ3v) is 13.5. The molecular weight excluding hydrogens is 755 g/mol. The summed E-state index contributed by atoms with van der Waals surface area (Å²) in [6, 6.07) is 13.3. The van der Waals surface area contributed by atoms with E-state index in [4.69, 9.17) is 14.2 Å². The predicted molar refractivity (Wildman–Crippen MR) is 218 cm³/mol. The topological polar surface area (TPSA) is 190 Å². The molecule has 0 spiro atoms. The van der Waals surface area contributed by atoms with E-state index in [0.29, 0.717) is 24.9 Å². The SMILES string of the molecule is C[C@H](NC(=O)OC(C)(C)C)C(=O)N[C@@H](C)C(=O)Nc1cccc(Cc2ccc([C@@H]3O[C@@H]4C[C@H]5C6CCC7=CC(=O)C=C[C@]7(C)[C@H]6[C@@H](O)C[C@]5(C)[C@]4(C(=O)CO)O3)cc2)c1. The summed E-state index contributed by atoms with van der Waals surface area (Å²) in [6.07, 6.45) is 5.30. The molecule has 11 atom stereocenters. The lowest BCUT2D eigenvalue weighted by molar-refractivity contribution is -0.201. The molecule has 1 aliphatic heterocycles. The Hall–Kier alpha value is -4.69. The maximum Gasteiger partial charge on any atom is 0.408 e. The van der Waals surface area contributed by atoms with Crippen LogP contribution < -0.4 is 16.0 Å². The fourth-order valence-corrected chi connectivity index (χ4v) is 10.8. The van der Waals surface area contributed by atoms with Crippen LogP contribution in [0.25, 0.3) is 0 Å². The molecule has 316 valence electrons. The zero-order valence-electron chi connectivity index (χ0n) is 34.9. The van der Waals surface area contributed by atoms with Gasteiger partial charge in [-0.15, -0.1) is 0 Å². The van der Waals surface area contributed by atoms with Gasteiger partial charge in [-0.05, 0) is 114 Å². The minimum absolute atomic E-state index is 0.00320. The molecule has 2 aromatic rings. The fraction of sp³-hybridized carbons (Fsp3) is 0.543. The van der Waals surface area contributed by atoms with Gasteiger partial charge in [0.25, 0.3) is 0 Å². The molecule has 1 saturated heterocycles.